The summed E-state index contributed by atoms with van der Waals surface area (Å²) in [5.41, 5.74) is 10.4. The average Bonchev–Trinajstić information content (AvgIpc) is 2.55. The number of nitrogens with one attached hydrogen (secondary N) is 3. The maximum absolute atomic E-state index is 12.2. The van der Waals surface area contributed by atoms with E-state index in [1.807, 2.05) is 0 Å². The molecular weight excluding hydrogens is 334 g/mol. The van der Waals surface area contributed by atoms with Gasteiger partial charge in [0.1, 0.15) is 12.1 Å². The van der Waals surface area contributed by atoms with Gasteiger partial charge in [-0.1, -0.05) is 0 Å². The van der Waals surface area contributed by atoms with Crippen molar-refractivity contribution in [2.75, 3.05) is 19.6 Å². The van der Waals surface area contributed by atoms with E-state index in [0.717, 1.165) is 0 Å². The molecule has 0 saturated heterocycles. The maximum atomic E-state index is 12.2. The molecule has 0 rings (SSSR count). The minimum atomic E-state index is -1.36. The lowest BCUT2D eigenvalue weighted by Crippen LogP contribution is -2.57. The van der Waals surface area contributed by atoms with Crippen molar-refractivity contribution in [2.45, 2.75) is 44.4 Å². The number of amides is 3. The van der Waals surface area contributed by atoms with E-state index in [0.29, 0.717) is 19.4 Å². The van der Waals surface area contributed by atoms with E-state index in [-0.39, 0.29) is 13.0 Å². The first-order chi connectivity index (χ1) is 11.7. The molecule has 11 heteroatoms. The number of hydrogen-bond donors (Lipinski definition) is 7. The van der Waals surface area contributed by atoms with Gasteiger partial charge in [-0.2, -0.15) is 0 Å². The normalized spacial score (nSPS) is 14.1. The van der Waals surface area contributed by atoms with Crippen LogP contribution in [-0.4, -0.2) is 71.7 Å². The van der Waals surface area contributed by atoms with Gasteiger partial charge < -0.3 is 37.6 Å². The Labute approximate surface area is 145 Å². The molecule has 11 nitrogen and oxygen atoms in total. The molecule has 3 atom stereocenters. The quantitative estimate of drug-likeness (QED) is 0.175. The van der Waals surface area contributed by atoms with Crippen LogP contribution < -0.4 is 27.4 Å². The Balaban J connectivity index is 4.72. The van der Waals surface area contributed by atoms with Crippen LogP contribution in [0, 0.1) is 0 Å². The highest BCUT2D eigenvalue weighted by molar-refractivity contribution is 5.92. The van der Waals surface area contributed by atoms with Crippen LogP contribution in [0.3, 0.4) is 0 Å². The predicted molar refractivity (Wildman–Crippen MR) is 88.1 cm³/mol. The van der Waals surface area contributed by atoms with Crippen molar-refractivity contribution >= 4 is 23.7 Å². The number of carbonyl (C=O) groups is 4. The van der Waals surface area contributed by atoms with E-state index < -0.39 is 48.4 Å². The van der Waals surface area contributed by atoms with E-state index >= 15 is 0 Å². The Kier molecular flexibility index (Phi) is 11.1. The monoisotopic (exact) mass is 361 g/mol. The van der Waals surface area contributed by atoms with Gasteiger partial charge in [-0.3, -0.25) is 14.4 Å². The summed E-state index contributed by atoms with van der Waals surface area (Å²) in [5.74, 6) is -3.35. The first-order valence-electron chi connectivity index (χ1n) is 7.90. The number of hydrogen-bond acceptors (Lipinski definition) is 7. The molecule has 0 aliphatic rings. The Hall–Kier alpha value is -2.24. The molecule has 0 heterocycles. The first kappa shape index (κ1) is 22.8. The fourth-order valence-electron chi connectivity index (χ4n) is 1.89. The van der Waals surface area contributed by atoms with Gasteiger partial charge in [0.05, 0.1) is 19.2 Å². The summed E-state index contributed by atoms with van der Waals surface area (Å²) in [6.45, 7) is 0.955. The van der Waals surface area contributed by atoms with Crippen LogP contribution in [0.4, 0.5) is 0 Å². The zero-order valence-corrected chi connectivity index (χ0v) is 14.2. The number of aliphatic hydroxyl groups is 1. The van der Waals surface area contributed by atoms with E-state index in [1.165, 1.54) is 6.92 Å². The van der Waals surface area contributed by atoms with Gasteiger partial charge in [-0.05, 0) is 32.7 Å². The molecule has 0 radical (unpaired) electrons. The van der Waals surface area contributed by atoms with Crippen molar-refractivity contribution < 1.29 is 29.4 Å². The second-order valence-electron chi connectivity index (χ2n) is 5.45. The molecule has 0 aromatic carbocycles. The zero-order valence-electron chi connectivity index (χ0n) is 14.2. The smallest absolute Gasteiger partial charge is 0.326 e. The number of unbranched alkanes of at least 4 members (excludes halogenated alkanes) is 1. The summed E-state index contributed by atoms with van der Waals surface area (Å²) >= 11 is 0. The van der Waals surface area contributed by atoms with Crippen molar-refractivity contribution in [1.82, 2.24) is 16.0 Å². The Morgan fingerprint density at radius 2 is 1.68 bits per heavy atom. The van der Waals surface area contributed by atoms with E-state index in [4.69, 9.17) is 16.6 Å². The summed E-state index contributed by atoms with van der Waals surface area (Å²) < 4.78 is 0. The van der Waals surface area contributed by atoms with E-state index in [9.17, 15) is 24.3 Å². The third-order valence-electron chi connectivity index (χ3n) is 3.27. The largest absolute Gasteiger partial charge is 0.480 e. The molecule has 0 fully saturated rings. The Bertz CT molecular complexity index is 471. The van der Waals surface area contributed by atoms with Gasteiger partial charge in [0, 0.05) is 0 Å². The molecular formula is C14H27N5O6. The van der Waals surface area contributed by atoms with E-state index in [1.54, 1.807) is 0 Å². The Morgan fingerprint density at radius 1 is 1.04 bits per heavy atom. The van der Waals surface area contributed by atoms with Crippen LogP contribution in [0.5, 0.6) is 0 Å². The first-order valence-corrected chi connectivity index (χ1v) is 7.90. The van der Waals surface area contributed by atoms with Gasteiger partial charge >= 0.3 is 5.97 Å². The standard InChI is InChI=1S/C14H27N5O6/c1-8(20)12(19-11(22)7-17-10(21)6-16)13(23)18-9(14(24)25)4-2-3-5-15/h8-9,12,20H,2-7,15-16H2,1H3,(H,17,21)(H,18,23)(H,19,22)(H,24,25). The maximum Gasteiger partial charge on any atom is 0.326 e. The summed E-state index contributed by atoms with van der Waals surface area (Å²) in [6, 6.07) is -2.52. The number of nitrogens with two attached hydrogens (primary N) is 2. The van der Waals surface area contributed by atoms with Crippen LogP contribution in [0.2, 0.25) is 0 Å². The lowest BCUT2D eigenvalue weighted by molar-refractivity contribution is -0.143. The lowest BCUT2D eigenvalue weighted by Gasteiger charge is -2.23. The molecule has 144 valence electrons. The molecule has 25 heavy (non-hydrogen) atoms. The number of rotatable bonds is 12. The summed E-state index contributed by atoms with van der Waals surface area (Å²) in [4.78, 5) is 46.1. The highest BCUT2D eigenvalue weighted by atomic mass is 16.4. The van der Waals surface area contributed by atoms with Gasteiger partial charge in [0.15, 0.2) is 0 Å². The minimum Gasteiger partial charge on any atom is -0.480 e. The SMILES string of the molecule is CC(O)C(NC(=O)CNC(=O)CN)C(=O)NC(CCCCN)C(=O)O. The highest BCUT2D eigenvalue weighted by Crippen LogP contribution is 2.03. The van der Waals surface area contributed by atoms with Crippen LogP contribution in [0.1, 0.15) is 26.2 Å². The van der Waals surface area contributed by atoms with Crippen LogP contribution in [0.25, 0.3) is 0 Å². The molecule has 0 aromatic heterocycles. The van der Waals surface area contributed by atoms with Gasteiger partial charge in [0.2, 0.25) is 17.7 Å². The molecule has 3 unspecified atom stereocenters. The van der Waals surface area contributed by atoms with Crippen molar-refractivity contribution in [3.8, 4) is 0 Å². The molecule has 0 aliphatic carbocycles. The van der Waals surface area contributed by atoms with Gasteiger partial charge in [0.25, 0.3) is 0 Å². The molecule has 0 spiro atoms. The molecule has 0 saturated carbocycles. The number of carbonyl (C=O) groups excluding carboxylic acids is 3. The number of carboxylic acids is 1. The van der Waals surface area contributed by atoms with Gasteiger partial charge in [-0.25, -0.2) is 4.79 Å². The average molecular weight is 361 g/mol. The summed E-state index contributed by atoms with van der Waals surface area (Å²) in [6.07, 6.45) is 0.0140. The Morgan fingerprint density at radius 3 is 2.16 bits per heavy atom. The number of aliphatic carboxylic acids is 1. The minimum absolute atomic E-state index is 0.172. The second-order valence-corrected chi connectivity index (χ2v) is 5.45. The molecule has 0 bridgehead atoms. The molecule has 3 amide bonds. The molecule has 9 N–H and O–H groups in total. The lowest BCUT2D eigenvalue weighted by atomic mass is 10.1. The third-order valence-corrected chi connectivity index (χ3v) is 3.27. The summed E-state index contributed by atoms with van der Waals surface area (Å²) in [5, 5.41) is 25.5. The molecule has 0 aliphatic heterocycles. The zero-order chi connectivity index (χ0) is 19.4. The van der Waals surface area contributed by atoms with Crippen LogP contribution in [0.15, 0.2) is 0 Å². The van der Waals surface area contributed by atoms with Crippen LogP contribution >= 0.6 is 0 Å². The number of carboxylic acid groups (broad SMARTS) is 1. The predicted octanol–water partition coefficient (Wildman–Crippen LogP) is -3.37. The van der Waals surface area contributed by atoms with Crippen molar-refractivity contribution in [2.24, 2.45) is 11.5 Å². The fourth-order valence-corrected chi connectivity index (χ4v) is 1.89. The van der Waals surface area contributed by atoms with E-state index in [2.05, 4.69) is 16.0 Å². The topological polar surface area (TPSA) is 197 Å². The summed E-state index contributed by atoms with van der Waals surface area (Å²) in [7, 11) is 0. The van der Waals surface area contributed by atoms with Crippen molar-refractivity contribution in [3.63, 3.8) is 0 Å². The van der Waals surface area contributed by atoms with Crippen molar-refractivity contribution in [3.05, 3.63) is 0 Å². The number of aliphatic hydroxyl groups excluding tert-OH is 1. The van der Waals surface area contributed by atoms with Crippen LogP contribution in [-0.2, 0) is 19.2 Å². The highest BCUT2D eigenvalue weighted by Gasteiger charge is 2.29. The fraction of sp³-hybridized carbons (Fsp3) is 0.714. The van der Waals surface area contributed by atoms with Crippen molar-refractivity contribution in [1.29, 1.82) is 0 Å². The van der Waals surface area contributed by atoms with Gasteiger partial charge in [-0.15, -0.1) is 0 Å². The molecule has 0 aromatic rings. The third kappa shape index (κ3) is 9.59. The second kappa shape index (κ2) is 12.2.